The van der Waals surface area contributed by atoms with Crippen molar-refractivity contribution in [3.63, 3.8) is 0 Å². The second kappa shape index (κ2) is 10.3. The number of benzene rings is 3. The normalized spacial score (nSPS) is 15.4. The Bertz CT molecular complexity index is 1320. The average molecular weight is 518 g/mol. The van der Waals surface area contributed by atoms with Crippen LogP contribution in [0.1, 0.15) is 12.0 Å². The fraction of sp³-hybridized carbons (Fsp3) is 0.160. The van der Waals surface area contributed by atoms with Gasteiger partial charge in [-0.15, -0.1) is 0 Å². The van der Waals surface area contributed by atoms with Crippen LogP contribution in [0.15, 0.2) is 60.7 Å². The number of thiocarbonyl (C=S) groups is 1. The summed E-state index contributed by atoms with van der Waals surface area (Å²) in [7, 11) is 1.50. The van der Waals surface area contributed by atoms with E-state index in [9.17, 15) is 27.2 Å². The first-order valence-electron chi connectivity index (χ1n) is 10.7. The van der Waals surface area contributed by atoms with E-state index in [1.165, 1.54) is 12.0 Å². The lowest BCUT2D eigenvalue weighted by Gasteiger charge is -2.24. The summed E-state index contributed by atoms with van der Waals surface area (Å²) in [5, 5.41) is 2.55. The fourth-order valence-corrected chi connectivity index (χ4v) is 4.20. The van der Waals surface area contributed by atoms with E-state index in [-0.39, 0.29) is 5.11 Å². The van der Waals surface area contributed by atoms with E-state index in [2.05, 4.69) is 5.32 Å². The van der Waals surface area contributed by atoms with Gasteiger partial charge in [-0.2, -0.15) is 0 Å². The Morgan fingerprint density at radius 3 is 2.31 bits per heavy atom. The van der Waals surface area contributed by atoms with Crippen molar-refractivity contribution >= 4 is 40.5 Å². The summed E-state index contributed by atoms with van der Waals surface area (Å²) in [5.74, 6) is -7.68. The lowest BCUT2D eigenvalue weighted by molar-refractivity contribution is -0.124. The van der Waals surface area contributed by atoms with Crippen LogP contribution >= 0.6 is 12.2 Å². The Morgan fingerprint density at radius 1 is 1.00 bits per heavy atom. The van der Waals surface area contributed by atoms with Crippen LogP contribution in [0, 0.1) is 23.3 Å². The van der Waals surface area contributed by atoms with Crippen molar-refractivity contribution < 1.29 is 31.9 Å². The number of rotatable bonds is 7. The number of para-hydroxylation sites is 1. The van der Waals surface area contributed by atoms with Crippen LogP contribution in [0.25, 0.3) is 0 Å². The largest absolute Gasteiger partial charge is 0.497 e. The Morgan fingerprint density at radius 2 is 1.67 bits per heavy atom. The van der Waals surface area contributed by atoms with E-state index in [0.29, 0.717) is 23.2 Å². The predicted octanol–water partition coefficient (Wildman–Crippen LogP) is 4.78. The van der Waals surface area contributed by atoms with Crippen molar-refractivity contribution in [2.45, 2.75) is 19.0 Å². The Balaban J connectivity index is 1.64. The summed E-state index contributed by atoms with van der Waals surface area (Å²) in [6.07, 6.45) is -0.401. The zero-order chi connectivity index (χ0) is 26.0. The monoisotopic (exact) mass is 517 g/mol. The molecule has 1 aliphatic heterocycles. The average Bonchev–Trinajstić information content (AvgIpc) is 3.10. The molecule has 186 valence electrons. The standard InChI is InChI=1S/C25H19F4N3O3S/c1-35-17-9-7-15(8-10-17)30-20(33)12-19-24(34)32(16-5-3-2-4-6-16)25(36)31(19)13-14-11-18(26)22(28)23(29)21(14)27/h2-11,19H,12-13H2,1H3,(H,30,33)/t19-/m0/s1. The summed E-state index contributed by atoms with van der Waals surface area (Å²) in [6, 6.07) is 14.0. The summed E-state index contributed by atoms with van der Waals surface area (Å²) >= 11 is 5.44. The Kier molecular flexibility index (Phi) is 7.20. The molecule has 3 aromatic rings. The highest BCUT2D eigenvalue weighted by molar-refractivity contribution is 7.80. The number of carbonyl (C=O) groups excluding carboxylic acids is 2. The molecule has 1 aliphatic rings. The summed E-state index contributed by atoms with van der Waals surface area (Å²) in [4.78, 5) is 28.5. The van der Waals surface area contributed by atoms with Crippen LogP contribution in [0.2, 0.25) is 0 Å². The first-order valence-corrected chi connectivity index (χ1v) is 11.1. The van der Waals surface area contributed by atoms with E-state index >= 15 is 0 Å². The highest BCUT2D eigenvalue weighted by Crippen LogP contribution is 2.30. The maximum atomic E-state index is 14.4. The van der Waals surface area contributed by atoms with Crippen molar-refractivity contribution in [1.82, 2.24) is 4.90 Å². The lowest BCUT2D eigenvalue weighted by atomic mass is 10.1. The van der Waals surface area contributed by atoms with Gasteiger partial charge in [-0.1, -0.05) is 18.2 Å². The third-order valence-electron chi connectivity index (χ3n) is 5.60. The second-order valence-electron chi connectivity index (χ2n) is 7.88. The number of nitrogens with zero attached hydrogens (tertiary/aromatic N) is 2. The highest BCUT2D eigenvalue weighted by Gasteiger charge is 2.44. The van der Waals surface area contributed by atoms with Crippen LogP contribution in [0.4, 0.5) is 28.9 Å². The molecule has 0 unspecified atom stereocenters. The minimum Gasteiger partial charge on any atom is -0.497 e. The number of ether oxygens (including phenoxy) is 1. The third kappa shape index (κ3) is 4.87. The van der Waals surface area contributed by atoms with Gasteiger partial charge in [0.05, 0.1) is 19.2 Å². The quantitative estimate of drug-likeness (QED) is 0.212. The van der Waals surface area contributed by atoms with Crippen molar-refractivity contribution in [2.75, 3.05) is 17.3 Å². The molecule has 6 nitrogen and oxygen atoms in total. The molecule has 11 heteroatoms. The van der Waals surface area contributed by atoms with Crippen LogP contribution in [0.3, 0.4) is 0 Å². The van der Waals surface area contributed by atoms with E-state index in [4.69, 9.17) is 17.0 Å². The van der Waals surface area contributed by atoms with E-state index in [1.807, 2.05) is 0 Å². The molecule has 1 heterocycles. The molecule has 1 fully saturated rings. The van der Waals surface area contributed by atoms with Gasteiger partial charge in [0.25, 0.3) is 5.91 Å². The first-order chi connectivity index (χ1) is 17.2. The van der Waals surface area contributed by atoms with Gasteiger partial charge in [-0.05, 0) is 54.7 Å². The van der Waals surface area contributed by atoms with Crippen molar-refractivity contribution in [1.29, 1.82) is 0 Å². The van der Waals surface area contributed by atoms with Gasteiger partial charge in [0.1, 0.15) is 11.8 Å². The smallest absolute Gasteiger partial charge is 0.256 e. The zero-order valence-electron chi connectivity index (χ0n) is 18.8. The molecule has 1 saturated heterocycles. The van der Waals surface area contributed by atoms with Crippen LogP contribution in [-0.2, 0) is 16.1 Å². The Labute approximate surface area is 209 Å². The van der Waals surface area contributed by atoms with Gasteiger partial charge in [-0.3, -0.25) is 14.5 Å². The van der Waals surface area contributed by atoms with Gasteiger partial charge in [0, 0.05) is 17.8 Å². The zero-order valence-corrected chi connectivity index (χ0v) is 19.6. The third-order valence-corrected chi connectivity index (χ3v) is 6.02. The van der Waals surface area contributed by atoms with Gasteiger partial charge in [0.2, 0.25) is 5.91 Å². The van der Waals surface area contributed by atoms with Gasteiger partial charge in [0.15, 0.2) is 28.4 Å². The molecule has 4 rings (SSSR count). The lowest BCUT2D eigenvalue weighted by Crippen LogP contribution is -2.37. The minimum atomic E-state index is -1.98. The number of carbonyl (C=O) groups is 2. The fourth-order valence-electron chi connectivity index (χ4n) is 3.81. The number of amides is 2. The maximum Gasteiger partial charge on any atom is 0.256 e. The van der Waals surface area contributed by atoms with Crippen LogP contribution < -0.4 is 15.0 Å². The molecular weight excluding hydrogens is 498 g/mol. The van der Waals surface area contributed by atoms with Crippen molar-refractivity contribution in [3.05, 3.63) is 89.5 Å². The van der Waals surface area contributed by atoms with Gasteiger partial charge in [-0.25, -0.2) is 17.6 Å². The minimum absolute atomic E-state index is 0.0991. The van der Waals surface area contributed by atoms with Gasteiger partial charge < -0.3 is 15.0 Å². The van der Waals surface area contributed by atoms with E-state index in [1.54, 1.807) is 54.6 Å². The molecule has 0 aliphatic carbocycles. The number of halogens is 4. The summed E-state index contributed by atoms with van der Waals surface area (Å²) in [5.41, 5.74) is 0.276. The molecule has 3 aromatic carbocycles. The molecule has 0 radical (unpaired) electrons. The Hall–Kier alpha value is -3.99. The molecular formula is C25H19F4N3O3S. The molecule has 2 amide bonds. The molecule has 1 atom stereocenters. The summed E-state index contributed by atoms with van der Waals surface area (Å²) < 4.78 is 60.7. The highest BCUT2D eigenvalue weighted by atomic mass is 32.1. The number of hydrogen-bond donors (Lipinski definition) is 1. The number of methoxy groups -OCH3 is 1. The maximum absolute atomic E-state index is 14.4. The predicted molar refractivity (Wildman–Crippen MR) is 128 cm³/mol. The molecule has 36 heavy (non-hydrogen) atoms. The van der Waals surface area contributed by atoms with Crippen LogP contribution in [0.5, 0.6) is 5.75 Å². The van der Waals surface area contributed by atoms with E-state index < -0.39 is 59.7 Å². The second-order valence-corrected chi connectivity index (χ2v) is 8.24. The summed E-state index contributed by atoms with van der Waals surface area (Å²) in [6.45, 7) is -0.575. The molecule has 0 saturated carbocycles. The molecule has 0 aromatic heterocycles. The molecule has 0 bridgehead atoms. The molecule has 1 N–H and O–H groups in total. The molecule has 0 spiro atoms. The topological polar surface area (TPSA) is 61.9 Å². The SMILES string of the molecule is COc1ccc(NC(=O)C[C@H]2C(=O)N(c3ccccc3)C(=S)N2Cc2cc(F)c(F)c(F)c2F)cc1. The van der Waals surface area contributed by atoms with Crippen molar-refractivity contribution in [3.8, 4) is 5.75 Å². The van der Waals surface area contributed by atoms with Crippen molar-refractivity contribution in [2.24, 2.45) is 0 Å². The number of nitrogens with one attached hydrogen (secondary N) is 1. The first kappa shape index (κ1) is 25.1. The number of anilines is 2. The van der Waals surface area contributed by atoms with Crippen LogP contribution in [-0.4, -0.2) is 35.0 Å². The van der Waals surface area contributed by atoms with Gasteiger partial charge >= 0.3 is 0 Å². The number of hydrogen-bond acceptors (Lipinski definition) is 4. The van der Waals surface area contributed by atoms with E-state index in [0.717, 1.165) is 4.90 Å².